The van der Waals surface area contributed by atoms with Crippen molar-refractivity contribution >= 4 is 15.6 Å². The summed E-state index contributed by atoms with van der Waals surface area (Å²) in [7, 11) is -1.27. The lowest BCUT2D eigenvalue weighted by Crippen LogP contribution is -2.44. The molecule has 0 bridgehead atoms. The third kappa shape index (κ3) is 4.86. The van der Waals surface area contributed by atoms with Crippen LogP contribution < -0.4 is 4.74 Å². The Morgan fingerprint density at radius 2 is 1.53 bits per heavy atom. The molecule has 3 aromatic carbocycles. The van der Waals surface area contributed by atoms with Crippen molar-refractivity contribution in [1.82, 2.24) is 4.90 Å². The average molecular weight is 449 g/mol. The normalized spacial score (nSPS) is 16.6. The molecule has 0 aromatic heterocycles. The van der Waals surface area contributed by atoms with Crippen LogP contribution in [0.15, 0.2) is 99.1 Å². The smallest absolute Gasteiger partial charge is 0.248 e. The van der Waals surface area contributed by atoms with Crippen molar-refractivity contribution in [3.05, 3.63) is 90.5 Å². The fraction of sp³-hybridized carbons (Fsp3) is 0.269. The number of hydrogen-bond acceptors (Lipinski definition) is 4. The molecule has 0 radical (unpaired) electrons. The Bertz CT molecular complexity index is 1110. The minimum atomic E-state index is -2.91. The Morgan fingerprint density at radius 1 is 0.938 bits per heavy atom. The number of rotatable bonds is 7. The van der Waals surface area contributed by atoms with Crippen LogP contribution >= 0.6 is 0 Å². The maximum atomic E-state index is 14.2. The fourth-order valence-electron chi connectivity index (χ4n) is 3.94. The Kier molecular flexibility index (Phi) is 6.90. The topological polar surface area (TPSA) is 59.0 Å². The summed E-state index contributed by atoms with van der Waals surface area (Å²) in [5.41, 5.74) is 1.15. The fourth-order valence-corrected chi connectivity index (χ4v) is 6.06. The van der Waals surface area contributed by atoms with Gasteiger partial charge in [-0.05, 0) is 61.2 Å². The quantitative estimate of drug-likeness (QED) is 0.521. The molecule has 0 saturated carbocycles. The molecule has 0 aliphatic carbocycles. The van der Waals surface area contributed by atoms with E-state index in [4.69, 9.17) is 9.10 Å². The van der Waals surface area contributed by atoms with E-state index >= 15 is 0 Å². The van der Waals surface area contributed by atoms with E-state index in [9.17, 15) is 9.00 Å². The van der Waals surface area contributed by atoms with Crippen molar-refractivity contribution in [3.8, 4) is 5.75 Å². The van der Waals surface area contributed by atoms with E-state index in [1.165, 1.54) is 0 Å². The van der Waals surface area contributed by atoms with Gasteiger partial charge in [0.15, 0.2) is 0 Å². The van der Waals surface area contributed by atoms with Crippen LogP contribution in [0.1, 0.15) is 18.4 Å². The first-order valence-electron chi connectivity index (χ1n) is 10.9. The Morgan fingerprint density at radius 3 is 2.09 bits per heavy atom. The van der Waals surface area contributed by atoms with E-state index < -0.39 is 15.8 Å². The number of ether oxygens (including phenoxy) is 1. The Hall–Kier alpha value is -3.12. The number of amides is 1. The number of likely N-dealkylation sites (tertiary alicyclic amines) is 1. The summed E-state index contributed by atoms with van der Waals surface area (Å²) in [6.45, 7) is 1.33. The molecular weight excluding hydrogens is 420 g/mol. The summed E-state index contributed by atoms with van der Waals surface area (Å²) in [5, 5.41) is 0. The summed E-state index contributed by atoms with van der Waals surface area (Å²) in [6, 6.07) is 25.8. The number of benzene rings is 3. The highest BCUT2D eigenvalue weighted by Crippen LogP contribution is 2.27. The number of carbonyl (C=O) groups excluding carboxylic acids is 1. The first-order chi connectivity index (χ1) is 15.6. The predicted octanol–water partition coefficient (Wildman–Crippen LogP) is 4.81. The molecule has 1 unspecified atom stereocenters. The van der Waals surface area contributed by atoms with Gasteiger partial charge < -0.3 is 9.64 Å². The van der Waals surface area contributed by atoms with Crippen LogP contribution in [-0.2, 0) is 20.9 Å². The lowest BCUT2D eigenvalue weighted by molar-refractivity contribution is -0.134. The molecule has 4 rings (SSSR count). The minimum absolute atomic E-state index is 0.0376. The molecule has 3 aromatic rings. The second-order valence-electron chi connectivity index (χ2n) is 7.84. The molecule has 1 aliphatic rings. The first kappa shape index (κ1) is 22.1. The van der Waals surface area contributed by atoms with Crippen LogP contribution in [0.3, 0.4) is 0 Å². The summed E-state index contributed by atoms with van der Waals surface area (Å²) >= 11 is 0. The number of methoxy groups -OCH3 is 1. The van der Waals surface area contributed by atoms with Gasteiger partial charge in [-0.3, -0.25) is 4.79 Å². The van der Waals surface area contributed by atoms with Gasteiger partial charge in [0.1, 0.15) is 21.5 Å². The van der Waals surface area contributed by atoms with Gasteiger partial charge in [-0.2, -0.15) is 0 Å². The zero-order valence-electron chi connectivity index (χ0n) is 18.2. The van der Waals surface area contributed by atoms with Crippen molar-refractivity contribution in [2.45, 2.75) is 35.1 Å². The van der Waals surface area contributed by atoms with E-state index in [1.807, 2.05) is 89.8 Å². The third-order valence-electron chi connectivity index (χ3n) is 5.73. The molecule has 6 heteroatoms. The maximum Gasteiger partial charge on any atom is 0.248 e. The highest BCUT2D eigenvalue weighted by atomic mass is 32.2. The Labute approximate surface area is 190 Å². The number of piperidine rings is 1. The van der Waals surface area contributed by atoms with E-state index in [1.54, 1.807) is 7.11 Å². The molecule has 1 aliphatic heterocycles. The predicted molar refractivity (Wildman–Crippen MR) is 126 cm³/mol. The maximum absolute atomic E-state index is 14.2. The van der Waals surface area contributed by atoms with Gasteiger partial charge in [-0.15, -0.1) is 0 Å². The molecule has 166 valence electrons. The summed E-state index contributed by atoms with van der Waals surface area (Å²) in [6.07, 6.45) is 2.23. The van der Waals surface area contributed by atoms with Crippen LogP contribution in [-0.4, -0.2) is 41.3 Å². The molecule has 0 spiro atoms. The van der Waals surface area contributed by atoms with Crippen molar-refractivity contribution in [3.63, 3.8) is 0 Å². The third-order valence-corrected chi connectivity index (χ3v) is 8.11. The molecule has 1 saturated heterocycles. The highest BCUT2D eigenvalue weighted by molar-refractivity contribution is 7.93. The highest BCUT2D eigenvalue weighted by Gasteiger charge is 2.30. The van der Waals surface area contributed by atoms with Gasteiger partial charge >= 0.3 is 0 Å². The number of nitrogens with zero attached hydrogens (tertiary/aromatic N) is 2. The summed E-state index contributed by atoms with van der Waals surface area (Å²) in [4.78, 5) is 16.4. The lowest BCUT2D eigenvalue weighted by atomic mass is 10.0. The van der Waals surface area contributed by atoms with Crippen molar-refractivity contribution in [2.75, 3.05) is 20.2 Å². The first-order valence-corrected chi connectivity index (χ1v) is 12.4. The van der Waals surface area contributed by atoms with Crippen LogP contribution in [0.25, 0.3) is 0 Å². The molecule has 32 heavy (non-hydrogen) atoms. The largest absolute Gasteiger partial charge is 0.497 e. The van der Waals surface area contributed by atoms with Crippen LogP contribution in [0.2, 0.25) is 0 Å². The van der Waals surface area contributed by atoms with Crippen LogP contribution in [0.4, 0.5) is 0 Å². The summed E-state index contributed by atoms with van der Waals surface area (Å²) < 4.78 is 24.1. The van der Waals surface area contributed by atoms with Crippen LogP contribution in [0, 0.1) is 0 Å². The standard InChI is InChI=1S/C26H28N2O3S/c1-31-22-16-14-21(15-17-22)18-20-28-19-8-13-25(26(28)29)27-32(30,23-9-4-2-5-10-23)24-11-6-3-7-12-24/h2-7,9-12,14-17,25H,8,13,18-20H2,1H3. The Balaban J connectivity index is 1.58. The van der Waals surface area contributed by atoms with Gasteiger partial charge in [0.25, 0.3) is 0 Å². The molecular formula is C26H28N2O3S. The van der Waals surface area contributed by atoms with Crippen molar-refractivity contribution < 1.29 is 13.7 Å². The minimum Gasteiger partial charge on any atom is -0.497 e. The molecule has 1 atom stereocenters. The second-order valence-corrected chi connectivity index (χ2v) is 10.0. The van der Waals surface area contributed by atoms with E-state index in [0.717, 1.165) is 24.2 Å². The molecule has 1 heterocycles. The number of carbonyl (C=O) groups is 1. The van der Waals surface area contributed by atoms with Gasteiger partial charge in [0, 0.05) is 13.1 Å². The van der Waals surface area contributed by atoms with E-state index in [2.05, 4.69) is 0 Å². The second kappa shape index (κ2) is 10.0. The van der Waals surface area contributed by atoms with Gasteiger partial charge in [-0.1, -0.05) is 48.5 Å². The van der Waals surface area contributed by atoms with Crippen molar-refractivity contribution in [2.24, 2.45) is 4.36 Å². The molecule has 1 fully saturated rings. The number of hydrogen-bond donors (Lipinski definition) is 0. The monoisotopic (exact) mass is 448 g/mol. The average Bonchev–Trinajstić information content (AvgIpc) is 2.86. The van der Waals surface area contributed by atoms with Gasteiger partial charge in [0.05, 0.1) is 16.9 Å². The molecule has 0 N–H and O–H groups in total. The summed E-state index contributed by atoms with van der Waals surface area (Å²) in [5.74, 6) is 0.780. The zero-order chi connectivity index (χ0) is 22.4. The van der Waals surface area contributed by atoms with E-state index in [-0.39, 0.29) is 5.91 Å². The molecule has 5 nitrogen and oxygen atoms in total. The lowest BCUT2D eigenvalue weighted by Gasteiger charge is -2.31. The van der Waals surface area contributed by atoms with E-state index in [0.29, 0.717) is 29.3 Å². The van der Waals surface area contributed by atoms with Crippen molar-refractivity contribution in [1.29, 1.82) is 0 Å². The van der Waals surface area contributed by atoms with Gasteiger partial charge in [-0.25, -0.2) is 8.57 Å². The van der Waals surface area contributed by atoms with Gasteiger partial charge in [0.2, 0.25) is 5.91 Å². The molecule has 1 amide bonds. The SMILES string of the molecule is COc1ccc(CCN2CCCC(N=S(=O)(c3ccccc3)c3ccccc3)C2=O)cc1. The zero-order valence-corrected chi connectivity index (χ0v) is 19.0. The van der Waals surface area contributed by atoms with Crippen LogP contribution in [0.5, 0.6) is 5.75 Å².